The van der Waals surface area contributed by atoms with E-state index < -0.39 is 0 Å². The molecule has 0 spiro atoms. The summed E-state index contributed by atoms with van der Waals surface area (Å²) in [4.78, 5) is 16.5. The Balaban J connectivity index is 2.12. The van der Waals surface area contributed by atoms with Crippen LogP contribution in [0, 0.1) is 0 Å². The Hall–Kier alpha value is -2.14. The zero-order valence-corrected chi connectivity index (χ0v) is 12.3. The van der Waals surface area contributed by atoms with Crippen molar-refractivity contribution >= 4 is 5.91 Å². The highest BCUT2D eigenvalue weighted by Gasteiger charge is 2.16. The highest BCUT2D eigenvalue weighted by atomic mass is 16.2. The summed E-state index contributed by atoms with van der Waals surface area (Å²) in [7, 11) is 0. The van der Waals surface area contributed by atoms with E-state index in [1.54, 1.807) is 17.1 Å². The first-order valence-electron chi connectivity index (χ1n) is 7.35. The third-order valence-corrected chi connectivity index (χ3v) is 3.43. The van der Waals surface area contributed by atoms with Crippen LogP contribution < -0.4 is 11.1 Å². The number of aromatic nitrogens is 2. The minimum atomic E-state index is -0.136. The second-order valence-corrected chi connectivity index (χ2v) is 5.03. The second-order valence-electron chi connectivity index (χ2n) is 5.03. The number of para-hydroxylation sites is 1. The topological polar surface area (TPSA) is 72.9 Å². The Morgan fingerprint density at radius 2 is 2.14 bits per heavy atom. The normalized spacial score (nSPS) is 12.1. The molecule has 0 fully saturated rings. The fourth-order valence-electron chi connectivity index (χ4n) is 2.22. The van der Waals surface area contributed by atoms with Gasteiger partial charge >= 0.3 is 0 Å². The van der Waals surface area contributed by atoms with Gasteiger partial charge in [-0.25, -0.2) is 4.98 Å². The molecular formula is C16H22N4O. The number of nitrogens with zero attached hydrogens (tertiary/aromatic N) is 2. The van der Waals surface area contributed by atoms with E-state index >= 15 is 0 Å². The number of nitrogens with two attached hydrogens (primary N) is 1. The van der Waals surface area contributed by atoms with E-state index in [-0.39, 0.29) is 11.9 Å². The molecule has 0 aliphatic carbocycles. The highest BCUT2D eigenvalue weighted by Crippen LogP contribution is 2.11. The summed E-state index contributed by atoms with van der Waals surface area (Å²) in [5, 5.41) is 2.99. The van der Waals surface area contributed by atoms with Crippen molar-refractivity contribution in [3.8, 4) is 5.69 Å². The van der Waals surface area contributed by atoms with Gasteiger partial charge in [0.1, 0.15) is 5.69 Å². The lowest BCUT2D eigenvalue weighted by Crippen LogP contribution is -2.40. The number of carbonyl (C=O) groups is 1. The third-order valence-electron chi connectivity index (χ3n) is 3.43. The molecular weight excluding hydrogens is 264 g/mol. The molecule has 1 heterocycles. The van der Waals surface area contributed by atoms with Gasteiger partial charge in [-0.3, -0.25) is 9.36 Å². The zero-order valence-electron chi connectivity index (χ0n) is 12.3. The van der Waals surface area contributed by atoms with E-state index in [0.717, 1.165) is 24.9 Å². The summed E-state index contributed by atoms with van der Waals surface area (Å²) in [6.07, 6.45) is 6.27. The van der Waals surface area contributed by atoms with E-state index in [9.17, 15) is 4.79 Å². The summed E-state index contributed by atoms with van der Waals surface area (Å²) in [6, 6.07) is 9.69. The summed E-state index contributed by atoms with van der Waals surface area (Å²) >= 11 is 0. The van der Waals surface area contributed by atoms with Crippen LogP contribution in [0.1, 0.15) is 36.7 Å². The van der Waals surface area contributed by atoms with Gasteiger partial charge < -0.3 is 11.1 Å². The number of rotatable bonds is 7. The molecule has 1 amide bonds. The summed E-state index contributed by atoms with van der Waals surface area (Å²) in [6.45, 7) is 2.57. The number of benzene rings is 1. The molecule has 2 rings (SSSR count). The number of hydrogen-bond donors (Lipinski definition) is 2. The average Bonchev–Trinajstić information content (AvgIpc) is 3.01. The number of imidazole rings is 1. The van der Waals surface area contributed by atoms with Gasteiger partial charge in [0.25, 0.3) is 5.91 Å². The van der Waals surface area contributed by atoms with Gasteiger partial charge in [0.2, 0.25) is 0 Å². The van der Waals surface area contributed by atoms with Crippen molar-refractivity contribution < 1.29 is 4.79 Å². The largest absolute Gasteiger partial charge is 0.347 e. The molecule has 0 aliphatic heterocycles. The van der Waals surface area contributed by atoms with Crippen molar-refractivity contribution in [3.63, 3.8) is 0 Å². The van der Waals surface area contributed by atoms with Gasteiger partial charge in [0, 0.05) is 18.3 Å². The molecule has 21 heavy (non-hydrogen) atoms. The number of amides is 1. The maximum absolute atomic E-state index is 12.4. The first-order chi connectivity index (χ1) is 10.3. The minimum absolute atomic E-state index is 0.0107. The Morgan fingerprint density at radius 1 is 1.38 bits per heavy atom. The predicted octanol–water partition coefficient (Wildman–Crippen LogP) is 2.12. The van der Waals surface area contributed by atoms with Gasteiger partial charge in [-0.2, -0.15) is 0 Å². The fraction of sp³-hybridized carbons (Fsp3) is 0.375. The van der Waals surface area contributed by atoms with Crippen LogP contribution in [0.25, 0.3) is 5.69 Å². The lowest BCUT2D eigenvalue weighted by atomic mass is 10.1. The van der Waals surface area contributed by atoms with Crippen molar-refractivity contribution in [2.75, 3.05) is 6.54 Å². The van der Waals surface area contributed by atoms with Crippen LogP contribution in [0.3, 0.4) is 0 Å². The summed E-state index contributed by atoms with van der Waals surface area (Å²) < 4.78 is 1.78. The average molecular weight is 286 g/mol. The molecule has 112 valence electrons. The fourth-order valence-corrected chi connectivity index (χ4v) is 2.22. The summed E-state index contributed by atoms with van der Waals surface area (Å²) in [5.74, 6) is -0.136. The lowest BCUT2D eigenvalue weighted by molar-refractivity contribution is 0.0929. The molecule has 0 saturated carbocycles. The van der Waals surface area contributed by atoms with Crippen molar-refractivity contribution in [2.45, 2.75) is 32.2 Å². The van der Waals surface area contributed by atoms with Gasteiger partial charge in [0.15, 0.2) is 0 Å². The van der Waals surface area contributed by atoms with Crippen LogP contribution in [0.5, 0.6) is 0 Å². The van der Waals surface area contributed by atoms with Crippen LogP contribution in [-0.2, 0) is 0 Å². The maximum atomic E-state index is 12.4. The van der Waals surface area contributed by atoms with E-state index in [1.807, 2.05) is 30.3 Å². The monoisotopic (exact) mass is 286 g/mol. The molecule has 1 aromatic heterocycles. The molecule has 0 radical (unpaired) electrons. The van der Waals surface area contributed by atoms with E-state index in [2.05, 4.69) is 17.2 Å². The molecule has 0 aliphatic rings. The van der Waals surface area contributed by atoms with Crippen LogP contribution in [0.2, 0.25) is 0 Å². The molecule has 0 bridgehead atoms. The predicted molar refractivity (Wildman–Crippen MR) is 83.4 cm³/mol. The standard InChI is InChI=1S/C16H22N4O/c1-2-3-7-13(10-17)19-16(21)15-11-18-12-20(15)14-8-5-4-6-9-14/h4-6,8-9,11-13H,2-3,7,10,17H2,1H3,(H,19,21). The van der Waals surface area contributed by atoms with Gasteiger partial charge in [-0.05, 0) is 18.6 Å². The molecule has 2 aromatic rings. The van der Waals surface area contributed by atoms with E-state index in [0.29, 0.717) is 12.2 Å². The SMILES string of the molecule is CCCCC(CN)NC(=O)c1cncn1-c1ccccc1. The molecule has 1 unspecified atom stereocenters. The van der Waals surface area contributed by atoms with Crippen LogP contribution in [-0.4, -0.2) is 28.0 Å². The minimum Gasteiger partial charge on any atom is -0.347 e. The highest BCUT2D eigenvalue weighted by molar-refractivity contribution is 5.93. The Bertz CT molecular complexity index is 565. The van der Waals surface area contributed by atoms with E-state index in [4.69, 9.17) is 5.73 Å². The first kappa shape index (κ1) is 15.3. The van der Waals surface area contributed by atoms with Gasteiger partial charge in [-0.15, -0.1) is 0 Å². The van der Waals surface area contributed by atoms with E-state index in [1.165, 1.54) is 0 Å². The Morgan fingerprint density at radius 3 is 2.81 bits per heavy atom. The third kappa shape index (κ3) is 3.92. The number of nitrogens with one attached hydrogen (secondary N) is 1. The van der Waals surface area contributed by atoms with Crippen LogP contribution >= 0.6 is 0 Å². The quantitative estimate of drug-likeness (QED) is 0.819. The van der Waals surface area contributed by atoms with Crippen LogP contribution in [0.15, 0.2) is 42.9 Å². The molecule has 1 atom stereocenters. The zero-order chi connectivity index (χ0) is 15.1. The number of carbonyl (C=O) groups excluding carboxylic acids is 1. The van der Waals surface area contributed by atoms with Crippen molar-refractivity contribution in [1.82, 2.24) is 14.9 Å². The second kappa shape index (κ2) is 7.59. The van der Waals surface area contributed by atoms with Crippen molar-refractivity contribution in [1.29, 1.82) is 0 Å². The lowest BCUT2D eigenvalue weighted by Gasteiger charge is -2.17. The molecule has 0 saturated heterocycles. The Labute approximate surface area is 125 Å². The number of unbranched alkanes of at least 4 members (excludes halogenated alkanes) is 1. The van der Waals surface area contributed by atoms with Crippen molar-refractivity contribution in [3.05, 3.63) is 48.5 Å². The molecule has 3 N–H and O–H groups in total. The molecule has 1 aromatic carbocycles. The molecule has 5 nitrogen and oxygen atoms in total. The van der Waals surface area contributed by atoms with Gasteiger partial charge in [-0.1, -0.05) is 38.0 Å². The van der Waals surface area contributed by atoms with Gasteiger partial charge in [0.05, 0.1) is 12.5 Å². The van der Waals surface area contributed by atoms with Crippen molar-refractivity contribution in [2.24, 2.45) is 5.73 Å². The maximum Gasteiger partial charge on any atom is 0.270 e. The van der Waals surface area contributed by atoms with Crippen LogP contribution in [0.4, 0.5) is 0 Å². The smallest absolute Gasteiger partial charge is 0.270 e. The summed E-state index contributed by atoms with van der Waals surface area (Å²) in [5.41, 5.74) is 7.17. The Kier molecular flexibility index (Phi) is 5.51. The molecule has 5 heteroatoms. The number of hydrogen-bond acceptors (Lipinski definition) is 3. The first-order valence-corrected chi connectivity index (χ1v) is 7.35.